The zero-order chi connectivity index (χ0) is 18.5. The molecule has 0 aliphatic heterocycles. The Balaban J connectivity index is 1.97. The number of nitrogens with zero attached hydrogens (tertiary/aromatic N) is 1. The van der Waals surface area contributed by atoms with Crippen LogP contribution in [0, 0.1) is 0 Å². The molecule has 0 spiro atoms. The minimum Gasteiger partial charge on any atom is -0.493 e. The summed E-state index contributed by atoms with van der Waals surface area (Å²) in [6, 6.07) is 17.6. The van der Waals surface area contributed by atoms with Gasteiger partial charge in [0.25, 0.3) is 5.91 Å². The first-order valence-electron chi connectivity index (χ1n) is 8.87. The van der Waals surface area contributed by atoms with E-state index in [1.807, 2.05) is 73.0 Å². The van der Waals surface area contributed by atoms with Gasteiger partial charge in [-0.05, 0) is 37.6 Å². The molecule has 134 valence electrons. The van der Waals surface area contributed by atoms with Crippen molar-refractivity contribution < 1.29 is 9.53 Å². The van der Waals surface area contributed by atoms with E-state index in [1.54, 1.807) is 6.08 Å². The Morgan fingerprint density at radius 2 is 2.00 bits per heavy atom. The van der Waals surface area contributed by atoms with Crippen molar-refractivity contribution in [3.05, 3.63) is 78.5 Å². The highest BCUT2D eigenvalue weighted by Crippen LogP contribution is 2.29. The number of ether oxygens (including phenoxy) is 1. The molecule has 2 aromatic carbocycles. The third-order valence-corrected chi connectivity index (χ3v) is 4.40. The fourth-order valence-electron chi connectivity index (χ4n) is 3.15. The average Bonchev–Trinajstić information content (AvgIpc) is 3.03. The van der Waals surface area contributed by atoms with Crippen molar-refractivity contribution in [3.63, 3.8) is 0 Å². The summed E-state index contributed by atoms with van der Waals surface area (Å²) in [6.45, 7) is 8.90. The van der Waals surface area contributed by atoms with Crippen LogP contribution in [0.4, 0.5) is 0 Å². The van der Waals surface area contributed by atoms with Crippen molar-refractivity contribution in [1.82, 2.24) is 9.88 Å². The summed E-state index contributed by atoms with van der Waals surface area (Å²) in [6.07, 6.45) is 1.80. The van der Waals surface area contributed by atoms with Crippen LogP contribution in [0.2, 0.25) is 0 Å². The molecule has 26 heavy (non-hydrogen) atoms. The molecule has 0 aliphatic rings. The van der Waals surface area contributed by atoms with E-state index in [9.17, 15) is 4.79 Å². The second-order valence-corrected chi connectivity index (χ2v) is 6.16. The number of fused-ring (bicyclic) bond motifs is 1. The first-order chi connectivity index (χ1) is 12.7. The van der Waals surface area contributed by atoms with Crippen molar-refractivity contribution in [1.29, 1.82) is 0 Å². The van der Waals surface area contributed by atoms with Crippen LogP contribution in [0.15, 0.2) is 67.3 Å². The number of allylic oxidation sites excluding steroid dienone is 1. The number of nitrogens with one attached hydrogen (secondary N) is 1. The van der Waals surface area contributed by atoms with Crippen molar-refractivity contribution in [2.45, 2.75) is 26.4 Å². The molecule has 4 heteroatoms. The Kier molecular flexibility index (Phi) is 5.42. The number of amides is 1. The van der Waals surface area contributed by atoms with Crippen molar-refractivity contribution in [2.75, 3.05) is 6.61 Å². The van der Waals surface area contributed by atoms with E-state index >= 15 is 0 Å². The predicted molar refractivity (Wildman–Crippen MR) is 106 cm³/mol. The molecule has 0 saturated carbocycles. The van der Waals surface area contributed by atoms with Crippen LogP contribution in [-0.2, 0) is 6.54 Å². The second kappa shape index (κ2) is 7.91. The molecule has 1 heterocycles. The molecule has 0 fully saturated rings. The molecule has 0 aliphatic carbocycles. The van der Waals surface area contributed by atoms with Gasteiger partial charge >= 0.3 is 0 Å². The second-order valence-electron chi connectivity index (χ2n) is 6.16. The molecule has 1 aromatic heterocycles. The van der Waals surface area contributed by atoms with Gasteiger partial charge in [0.15, 0.2) is 0 Å². The van der Waals surface area contributed by atoms with E-state index in [0.29, 0.717) is 18.8 Å². The number of rotatable bonds is 7. The van der Waals surface area contributed by atoms with Gasteiger partial charge in [-0.2, -0.15) is 0 Å². The standard InChI is InChI=1S/C22H24N2O2/c1-4-14-24-19-12-9-13-21(26-5-2)18(19)15-20(24)22(25)23-16(3)17-10-7-6-8-11-17/h4,6-13,15-16H,1,5,14H2,2-3H3,(H,23,25). The van der Waals surface area contributed by atoms with E-state index in [2.05, 4.69) is 11.9 Å². The van der Waals surface area contributed by atoms with Crippen LogP contribution in [0.5, 0.6) is 5.75 Å². The van der Waals surface area contributed by atoms with E-state index in [1.165, 1.54) is 0 Å². The molecule has 1 amide bonds. The van der Waals surface area contributed by atoms with Crippen LogP contribution in [0.25, 0.3) is 10.9 Å². The monoisotopic (exact) mass is 348 g/mol. The van der Waals surface area contributed by atoms with E-state index in [0.717, 1.165) is 22.2 Å². The molecular weight excluding hydrogens is 324 g/mol. The van der Waals surface area contributed by atoms with Crippen LogP contribution in [-0.4, -0.2) is 17.1 Å². The normalized spacial score (nSPS) is 11.9. The summed E-state index contributed by atoms with van der Waals surface area (Å²) in [5, 5.41) is 4.03. The number of hydrogen-bond donors (Lipinski definition) is 1. The van der Waals surface area contributed by atoms with E-state index in [-0.39, 0.29) is 11.9 Å². The lowest BCUT2D eigenvalue weighted by Crippen LogP contribution is -2.28. The van der Waals surface area contributed by atoms with Gasteiger partial charge in [0.05, 0.1) is 18.2 Å². The zero-order valence-corrected chi connectivity index (χ0v) is 15.2. The Hall–Kier alpha value is -3.01. The Bertz CT molecular complexity index is 913. The van der Waals surface area contributed by atoms with Crippen molar-refractivity contribution >= 4 is 16.8 Å². The summed E-state index contributed by atoms with van der Waals surface area (Å²) in [7, 11) is 0. The van der Waals surface area contributed by atoms with Gasteiger partial charge in [-0.25, -0.2) is 0 Å². The van der Waals surface area contributed by atoms with Gasteiger partial charge in [-0.1, -0.05) is 42.5 Å². The molecule has 1 unspecified atom stereocenters. The maximum absolute atomic E-state index is 13.0. The molecule has 1 N–H and O–H groups in total. The zero-order valence-electron chi connectivity index (χ0n) is 15.2. The molecule has 1 atom stereocenters. The van der Waals surface area contributed by atoms with Crippen LogP contribution in [0.3, 0.4) is 0 Å². The summed E-state index contributed by atoms with van der Waals surface area (Å²) in [4.78, 5) is 13.0. The fraction of sp³-hybridized carbons (Fsp3) is 0.227. The highest BCUT2D eigenvalue weighted by Gasteiger charge is 2.19. The maximum atomic E-state index is 13.0. The van der Waals surface area contributed by atoms with Gasteiger partial charge in [0, 0.05) is 11.9 Å². The molecule has 4 nitrogen and oxygen atoms in total. The highest BCUT2D eigenvalue weighted by atomic mass is 16.5. The quantitative estimate of drug-likeness (QED) is 0.628. The van der Waals surface area contributed by atoms with Crippen LogP contribution >= 0.6 is 0 Å². The van der Waals surface area contributed by atoms with Crippen LogP contribution in [0.1, 0.15) is 35.9 Å². The lowest BCUT2D eigenvalue weighted by atomic mass is 10.1. The van der Waals surface area contributed by atoms with Gasteiger partial charge in [-0.3, -0.25) is 4.79 Å². The third kappa shape index (κ3) is 3.49. The number of aromatic nitrogens is 1. The highest BCUT2D eigenvalue weighted by molar-refractivity contribution is 6.00. The average molecular weight is 348 g/mol. The predicted octanol–water partition coefficient (Wildman–Crippen LogP) is 4.72. The molecule has 3 aromatic rings. The fourth-order valence-corrected chi connectivity index (χ4v) is 3.15. The van der Waals surface area contributed by atoms with E-state index < -0.39 is 0 Å². The van der Waals surface area contributed by atoms with Gasteiger partial charge < -0.3 is 14.6 Å². The first kappa shape index (κ1) is 17.8. The molecule has 3 rings (SSSR count). The Labute approximate surface area is 154 Å². The van der Waals surface area contributed by atoms with Gasteiger partial charge in [0.2, 0.25) is 0 Å². The summed E-state index contributed by atoms with van der Waals surface area (Å²) in [5.41, 5.74) is 2.64. The summed E-state index contributed by atoms with van der Waals surface area (Å²) in [5.74, 6) is 0.680. The molecule has 0 radical (unpaired) electrons. The minimum atomic E-state index is -0.109. The smallest absolute Gasteiger partial charge is 0.268 e. The van der Waals surface area contributed by atoms with Gasteiger partial charge in [-0.15, -0.1) is 6.58 Å². The Morgan fingerprint density at radius 1 is 1.23 bits per heavy atom. The minimum absolute atomic E-state index is 0.0785. The molecule has 0 saturated heterocycles. The van der Waals surface area contributed by atoms with Crippen molar-refractivity contribution in [3.8, 4) is 5.75 Å². The SMILES string of the molecule is C=CCn1c(C(=O)NC(C)c2ccccc2)cc2c(OCC)cccc21. The lowest BCUT2D eigenvalue weighted by Gasteiger charge is -2.15. The maximum Gasteiger partial charge on any atom is 0.268 e. The third-order valence-electron chi connectivity index (χ3n) is 4.40. The summed E-state index contributed by atoms with van der Waals surface area (Å²) < 4.78 is 7.70. The van der Waals surface area contributed by atoms with Crippen molar-refractivity contribution in [2.24, 2.45) is 0 Å². The first-order valence-corrected chi connectivity index (χ1v) is 8.87. The number of carbonyl (C=O) groups is 1. The van der Waals surface area contributed by atoms with Crippen LogP contribution < -0.4 is 10.1 Å². The summed E-state index contributed by atoms with van der Waals surface area (Å²) >= 11 is 0. The molecule has 0 bridgehead atoms. The Morgan fingerprint density at radius 3 is 2.69 bits per heavy atom. The topological polar surface area (TPSA) is 43.3 Å². The molecular formula is C22H24N2O2. The largest absolute Gasteiger partial charge is 0.493 e. The van der Waals surface area contributed by atoms with E-state index in [4.69, 9.17) is 4.74 Å². The number of benzene rings is 2. The lowest BCUT2D eigenvalue weighted by molar-refractivity contribution is 0.0931. The van der Waals surface area contributed by atoms with Gasteiger partial charge in [0.1, 0.15) is 11.4 Å². The number of carbonyl (C=O) groups excluding carboxylic acids is 1. The number of hydrogen-bond acceptors (Lipinski definition) is 2.